The van der Waals surface area contributed by atoms with Crippen molar-refractivity contribution < 1.29 is 19.1 Å². The molecule has 0 aromatic heterocycles. The smallest absolute Gasteiger partial charge is 0.246 e. The largest absolute Gasteiger partial charge is 0.359 e. The van der Waals surface area contributed by atoms with E-state index in [1.807, 2.05) is 36.4 Å². The van der Waals surface area contributed by atoms with Crippen molar-refractivity contribution in [2.24, 2.45) is 23.7 Å². The average molecular weight is 591 g/mol. The molecule has 234 valence electrons. The van der Waals surface area contributed by atoms with E-state index in [-0.39, 0.29) is 23.8 Å². The van der Waals surface area contributed by atoms with Crippen LogP contribution in [0.25, 0.3) is 0 Å². The maximum absolute atomic E-state index is 14.4. The second kappa shape index (κ2) is 12.4. The molecule has 4 heterocycles. The van der Waals surface area contributed by atoms with E-state index >= 15 is 0 Å². The molecule has 5 aliphatic rings. The van der Waals surface area contributed by atoms with Gasteiger partial charge in [-0.2, -0.15) is 0 Å². The van der Waals surface area contributed by atoms with E-state index in [4.69, 9.17) is 4.74 Å². The number of benzene rings is 1. The van der Waals surface area contributed by atoms with Crippen molar-refractivity contribution >= 4 is 23.4 Å². The number of ether oxygens (including phenoxy) is 1. The Morgan fingerprint density at radius 3 is 2.40 bits per heavy atom. The van der Waals surface area contributed by atoms with Gasteiger partial charge >= 0.3 is 0 Å². The summed E-state index contributed by atoms with van der Waals surface area (Å²) in [6, 6.07) is 7.17. The Hall–Kier alpha value is -2.71. The number of nitrogens with one attached hydrogen (secondary N) is 2. The molecule has 6 rings (SSSR count). The number of anilines is 1. The van der Waals surface area contributed by atoms with E-state index in [0.717, 1.165) is 45.3 Å². The number of carbonyl (C=O) groups excluding carboxylic acids is 3. The van der Waals surface area contributed by atoms with Crippen LogP contribution in [0.1, 0.15) is 84.1 Å². The van der Waals surface area contributed by atoms with Crippen LogP contribution in [0.4, 0.5) is 5.69 Å². The lowest BCUT2D eigenvalue weighted by Gasteiger charge is -2.38. The molecule has 1 aromatic carbocycles. The number of hydrogen-bond acceptors (Lipinski definition) is 5. The summed E-state index contributed by atoms with van der Waals surface area (Å²) in [5, 5.41) is 6.43. The van der Waals surface area contributed by atoms with Crippen molar-refractivity contribution in [3.63, 3.8) is 0 Å². The summed E-state index contributed by atoms with van der Waals surface area (Å²) in [5.74, 6) is -0.617. The zero-order chi connectivity index (χ0) is 30.3. The van der Waals surface area contributed by atoms with Gasteiger partial charge in [-0.25, -0.2) is 0 Å². The number of fused-ring (bicyclic) bond motifs is 1. The van der Waals surface area contributed by atoms with Gasteiger partial charge in [0.2, 0.25) is 17.7 Å². The quantitative estimate of drug-likeness (QED) is 0.428. The van der Waals surface area contributed by atoms with Gasteiger partial charge in [0.1, 0.15) is 11.6 Å². The molecule has 8 unspecified atom stereocenters. The highest BCUT2D eigenvalue weighted by atomic mass is 16.5. The minimum absolute atomic E-state index is 0.0738. The molecule has 2 N–H and O–H groups in total. The fraction of sp³-hybridized carbons (Fsp3) is 0.686. The van der Waals surface area contributed by atoms with Gasteiger partial charge in [-0.3, -0.25) is 14.4 Å². The first-order valence-corrected chi connectivity index (χ1v) is 16.8. The number of rotatable bonds is 8. The van der Waals surface area contributed by atoms with Crippen LogP contribution in [0.5, 0.6) is 0 Å². The van der Waals surface area contributed by atoms with E-state index in [1.54, 1.807) is 4.90 Å². The second-order valence-corrected chi connectivity index (χ2v) is 14.1. The first-order valence-electron chi connectivity index (χ1n) is 16.8. The van der Waals surface area contributed by atoms with Gasteiger partial charge in [0, 0.05) is 24.8 Å². The van der Waals surface area contributed by atoms with Gasteiger partial charge in [-0.1, -0.05) is 77.7 Å². The number of amides is 3. The maximum Gasteiger partial charge on any atom is 0.246 e. The first-order chi connectivity index (χ1) is 20.7. The molecule has 8 nitrogen and oxygen atoms in total. The van der Waals surface area contributed by atoms with Crippen molar-refractivity contribution in [2.75, 3.05) is 31.5 Å². The fourth-order valence-corrected chi connectivity index (χ4v) is 8.34. The monoisotopic (exact) mass is 590 g/mol. The van der Waals surface area contributed by atoms with Crippen LogP contribution >= 0.6 is 0 Å². The molecule has 1 saturated carbocycles. The van der Waals surface area contributed by atoms with Crippen molar-refractivity contribution in [3.8, 4) is 0 Å². The van der Waals surface area contributed by atoms with Gasteiger partial charge < -0.3 is 25.2 Å². The van der Waals surface area contributed by atoms with Crippen LogP contribution in [0.2, 0.25) is 0 Å². The lowest BCUT2D eigenvalue weighted by Crippen LogP contribution is -2.58. The SMILES string of the molecule is CC(C)c1ccc(NC(=O)C2C3C=CC4(O3)C2C(=O)N(CCN2CCCCCC2)C4C(=O)NC2CCCC(C)C2C)cc1. The van der Waals surface area contributed by atoms with Crippen LogP contribution < -0.4 is 10.6 Å². The van der Waals surface area contributed by atoms with Crippen molar-refractivity contribution in [1.29, 1.82) is 0 Å². The Morgan fingerprint density at radius 1 is 0.977 bits per heavy atom. The first kappa shape index (κ1) is 30.3. The highest BCUT2D eigenvalue weighted by molar-refractivity contribution is 6.02. The molecule has 1 spiro atoms. The minimum Gasteiger partial charge on any atom is -0.359 e. The molecule has 8 heteroatoms. The van der Waals surface area contributed by atoms with Crippen molar-refractivity contribution in [3.05, 3.63) is 42.0 Å². The van der Waals surface area contributed by atoms with E-state index in [9.17, 15) is 14.4 Å². The van der Waals surface area contributed by atoms with Gasteiger partial charge in [-0.15, -0.1) is 0 Å². The zero-order valence-electron chi connectivity index (χ0n) is 26.4. The highest BCUT2D eigenvalue weighted by Gasteiger charge is 2.72. The van der Waals surface area contributed by atoms with Crippen LogP contribution in [-0.4, -0.2) is 77.5 Å². The summed E-state index contributed by atoms with van der Waals surface area (Å²) in [5.41, 5.74) is 0.774. The maximum atomic E-state index is 14.4. The van der Waals surface area contributed by atoms with Gasteiger partial charge in [0.25, 0.3) is 0 Å². The summed E-state index contributed by atoms with van der Waals surface area (Å²) < 4.78 is 6.58. The van der Waals surface area contributed by atoms with E-state index in [2.05, 4.69) is 43.2 Å². The molecule has 4 aliphatic heterocycles. The topological polar surface area (TPSA) is 91.0 Å². The molecule has 1 aromatic rings. The standard InChI is InChI=1S/C35H50N4O4/c1-22(2)25-12-14-26(15-13-25)36-32(40)29-28-16-17-35(43-28)30(29)34(42)39(21-20-38-18-7-5-6-8-19-38)31(35)33(41)37-27-11-9-10-23(3)24(27)4/h12-17,22-24,27-31H,5-11,18-21H2,1-4H3,(H,36,40)(H,37,41). The molecule has 1 aliphatic carbocycles. The fourth-order valence-electron chi connectivity index (χ4n) is 8.34. The third-order valence-electron chi connectivity index (χ3n) is 11.2. The molecule has 8 atom stereocenters. The van der Waals surface area contributed by atoms with E-state index < -0.39 is 29.6 Å². The van der Waals surface area contributed by atoms with Crippen LogP contribution in [0.15, 0.2) is 36.4 Å². The summed E-state index contributed by atoms with van der Waals surface area (Å²) in [6.45, 7) is 12.0. The molecule has 3 amide bonds. The zero-order valence-corrected chi connectivity index (χ0v) is 26.4. The summed E-state index contributed by atoms with van der Waals surface area (Å²) in [7, 11) is 0. The van der Waals surface area contributed by atoms with Gasteiger partial charge in [-0.05, 0) is 67.8 Å². The Bertz CT molecular complexity index is 1220. The molecule has 43 heavy (non-hydrogen) atoms. The summed E-state index contributed by atoms with van der Waals surface area (Å²) >= 11 is 0. The number of nitrogens with zero attached hydrogens (tertiary/aromatic N) is 2. The highest BCUT2D eigenvalue weighted by Crippen LogP contribution is 2.55. The normalized spacial score (nSPS) is 35.7. The predicted octanol–water partition coefficient (Wildman–Crippen LogP) is 4.72. The summed E-state index contributed by atoms with van der Waals surface area (Å²) in [4.78, 5) is 46.6. The third-order valence-corrected chi connectivity index (χ3v) is 11.2. The third kappa shape index (κ3) is 5.66. The van der Waals surface area contributed by atoms with Crippen LogP contribution in [-0.2, 0) is 19.1 Å². The molecule has 4 fully saturated rings. The number of carbonyl (C=O) groups is 3. The Labute approximate surface area is 257 Å². The van der Waals surface area contributed by atoms with Crippen LogP contribution in [0, 0.1) is 23.7 Å². The van der Waals surface area contributed by atoms with E-state index in [0.29, 0.717) is 30.0 Å². The van der Waals surface area contributed by atoms with E-state index in [1.165, 1.54) is 24.8 Å². The molecule has 2 bridgehead atoms. The molecular formula is C35H50N4O4. The Morgan fingerprint density at radius 2 is 1.70 bits per heavy atom. The number of likely N-dealkylation sites (tertiary alicyclic amines) is 2. The van der Waals surface area contributed by atoms with Crippen molar-refractivity contribution in [2.45, 2.75) is 102 Å². The lowest BCUT2D eigenvalue weighted by atomic mass is 9.73. The average Bonchev–Trinajstić information content (AvgIpc) is 3.53. The Kier molecular flexibility index (Phi) is 8.71. The predicted molar refractivity (Wildman–Crippen MR) is 167 cm³/mol. The van der Waals surface area contributed by atoms with Gasteiger partial charge in [0.05, 0.1) is 17.9 Å². The molecule has 3 saturated heterocycles. The summed E-state index contributed by atoms with van der Waals surface area (Å²) in [6.07, 6.45) is 11.3. The molecule has 0 radical (unpaired) electrons. The van der Waals surface area contributed by atoms with Crippen LogP contribution in [0.3, 0.4) is 0 Å². The molecular weight excluding hydrogens is 540 g/mol. The number of hydrogen-bond donors (Lipinski definition) is 2. The lowest BCUT2D eigenvalue weighted by molar-refractivity contribution is -0.141. The second-order valence-electron chi connectivity index (χ2n) is 14.1. The van der Waals surface area contributed by atoms with Gasteiger partial charge in [0.15, 0.2) is 0 Å². The minimum atomic E-state index is -1.13. The van der Waals surface area contributed by atoms with Crippen molar-refractivity contribution in [1.82, 2.24) is 15.1 Å². The Balaban J connectivity index is 1.25.